The number of ether oxygens (including phenoxy) is 1. The van der Waals surface area contributed by atoms with E-state index < -0.39 is 0 Å². The van der Waals surface area contributed by atoms with Crippen LogP contribution in [-0.4, -0.2) is 59.8 Å². The van der Waals surface area contributed by atoms with Crippen molar-refractivity contribution in [3.8, 4) is 5.88 Å². The van der Waals surface area contributed by atoms with Crippen molar-refractivity contribution in [2.24, 2.45) is 0 Å². The summed E-state index contributed by atoms with van der Waals surface area (Å²) in [5, 5.41) is 11.5. The van der Waals surface area contributed by atoms with Crippen LogP contribution in [0.25, 0.3) is 0 Å². The van der Waals surface area contributed by atoms with Crippen molar-refractivity contribution in [2.45, 2.75) is 19.0 Å². The fourth-order valence-corrected chi connectivity index (χ4v) is 3.83. The van der Waals surface area contributed by atoms with E-state index >= 15 is 0 Å². The van der Waals surface area contributed by atoms with Gasteiger partial charge in [0.1, 0.15) is 0 Å². The van der Waals surface area contributed by atoms with Gasteiger partial charge < -0.3 is 25.6 Å². The summed E-state index contributed by atoms with van der Waals surface area (Å²) in [5.41, 5.74) is 9.91. The number of nitrogens with zero attached hydrogens (tertiary/aromatic N) is 3. The predicted octanol–water partition coefficient (Wildman–Crippen LogP) is 2.14. The highest BCUT2D eigenvalue weighted by molar-refractivity contribution is 6.14. The van der Waals surface area contributed by atoms with Crippen LogP contribution in [0.15, 0.2) is 30.5 Å². The van der Waals surface area contributed by atoms with Gasteiger partial charge in [-0.1, -0.05) is 0 Å². The summed E-state index contributed by atoms with van der Waals surface area (Å²) < 4.78 is 5.08. The number of methoxy groups -OCH3 is 1. The molecule has 1 aromatic carbocycles. The van der Waals surface area contributed by atoms with E-state index in [1.54, 1.807) is 31.5 Å². The van der Waals surface area contributed by atoms with Crippen LogP contribution in [0.4, 0.5) is 16.2 Å². The molecular formula is C20H24N6O2. The molecule has 1 aromatic heterocycles. The molecular weight excluding hydrogens is 356 g/mol. The average molecular weight is 380 g/mol. The van der Waals surface area contributed by atoms with Crippen molar-refractivity contribution in [3.63, 3.8) is 0 Å². The number of nitrogens with two attached hydrogens (primary N) is 1. The Morgan fingerprint density at radius 3 is 2.86 bits per heavy atom. The number of pyridine rings is 1. The Kier molecular flexibility index (Phi) is 4.64. The van der Waals surface area contributed by atoms with Crippen LogP contribution in [0.3, 0.4) is 0 Å². The maximum atomic E-state index is 12.6. The molecule has 1 saturated heterocycles. The monoisotopic (exact) mass is 380 g/mol. The lowest BCUT2D eigenvalue weighted by Gasteiger charge is -2.34. The van der Waals surface area contributed by atoms with Crippen molar-refractivity contribution in [1.82, 2.24) is 14.8 Å². The minimum Gasteiger partial charge on any atom is -0.481 e. The fraction of sp³-hybridized carbons (Fsp3) is 0.350. The molecule has 2 aromatic rings. The number of hydrogen-bond donors (Lipinski definition) is 3. The van der Waals surface area contributed by atoms with Gasteiger partial charge in [-0.2, -0.15) is 0 Å². The number of carbonyl (C=O) groups is 1. The lowest BCUT2D eigenvalue weighted by atomic mass is 9.97. The fourth-order valence-electron chi connectivity index (χ4n) is 3.83. The topological polar surface area (TPSA) is 108 Å². The number of benzene rings is 1. The number of rotatable bonds is 4. The van der Waals surface area contributed by atoms with Gasteiger partial charge in [0.05, 0.1) is 12.8 Å². The number of anilines is 2. The van der Waals surface area contributed by atoms with Crippen LogP contribution in [0.1, 0.15) is 23.1 Å². The highest BCUT2D eigenvalue weighted by Gasteiger charge is 2.33. The Morgan fingerprint density at radius 1 is 1.39 bits per heavy atom. The molecule has 1 unspecified atom stereocenters. The van der Waals surface area contributed by atoms with E-state index in [2.05, 4.69) is 22.2 Å². The van der Waals surface area contributed by atoms with Gasteiger partial charge >= 0.3 is 6.03 Å². The Balaban J connectivity index is 1.63. The van der Waals surface area contributed by atoms with E-state index in [-0.39, 0.29) is 12.1 Å². The largest absolute Gasteiger partial charge is 0.481 e. The van der Waals surface area contributed by atoms with Gasteiger partial charge in [0.25, 0.3) is 0 Å². The van der Waals surface area contributed by atoms with Crippen molar-refractivity contribution in [2.75, 3.05) is 38.3 Å². The molecule has 0 bridgehead atoms. The molecule has 8 heteroatoms. The summed E-state index contributed by atoms with van der Waals surface area (Å²) in [6.45, 7) is 2.38. The van der Waals surface area contributed by atoms with Crippen LogP contribution >= 0.6 is 0 Å². The number of likely N-dealkylation sites (tertiary alicyclic amines) is 1. The third-order valence-corrected chi connectivity index (χ3v) is 5.43. The summed E-state index contributed by atoms with van der Waals surface area (Å²) >= 11 is 0. The summed E-state index contributed by atoms with van der Waals surface area (Å²) in [7, 11) is 3.62. The van der Waals surface area contributed by atoms with Crippen LogP contribution in [0.2, 0.25) is 0 Å². The molecule has 4 rings (SSSR count). The molecule has 2 aliphatic rings. The standard InChI is InChI=1S/C20H24N6O2/c1-25-6-5-14(11-25)26-10-13-7-15(16(21)8-17(13)24-20(26)27)19(22)12-3-4-18(28-2)23-9-12/h3-4,7-9,14,22H,5-6,10-11,21H2,1-2H3,(H,24,27). The van der Waals surface area contributed by atoms with Gasteiger partial charge in [-0.25, -0.2) is 9.78 Å². The minimum atomic E-state index is -0.0885. The summed E-state index contributed by atoms with van der Waals surface area (Å²) in [5.74, 6) is 0.495. The Hall–Kier alpha value is -3.13. The first-order valence-electron chi connectivity index (χ1n) is 9.24. The Morgan fingerprint density at radius 2 is 2.21 bits per heavy atom. The number of nitrogens with one attached hydrogen (secondary N) is 2. The Bertz CT molecular complexity index is 927. The van der Waals surface area contributed by atoms with Crippen molar-refractivity contribution >= 4 is 23.1 Å². The highest BCUT2D eigenvalue weighted by atomic mass is 16.5. The second-order valence-electron chi connectivity index (χ2n) is 7.32. The molecule has 2 aliphatic heterocycles. The molecule has 0 aliphatic carbocycles. The smallest absolute Gasteiger partial charge is 0.322 e. The first-order chi connectivity index (χ1) is 13.5. The number of fused-ring (bicyclic) bond motifs is 1. The van der Waals surface area contributed by atoms with E-state index in [1.807, 2.05) is 11.0 Å². The van der Waals surface area contributed by atoms with Gasteiger partial charge in [0.15, 0.2) is 0 Å². The van der Waals surface area contributed by atoms with Crippen LogP contribution in [0, 0.1) is 5.41 Å². The lowest BCUT2D eigenvalue weighted by molar-refractivity contribution is 0.181. The maximum Gasteiger partial charge on any atom is 0.322 e. The average Bonchev–Trinajstić information content (AvgIpc) is 3.12. The van der Waals surface area contributed by atoms with Crippen LogP contribution < -0.4 is 15.8 Å². The minimum absolute atomic E-state index is 0.0885. The zero-order valence-corrected chi connectivity index (χ0v) is 16.0. The highest BCUT2D eigenvalue weighted by Crippen LogP contribution is 2.31. The molecule has 2 amide bonds. The van der Waals surface area contributed by atoms with Crippen molar-refractivity contribution in [1.29, 1.82) is 5.41 Å². The third-order valence-electron chi connectivity index (χ3n) is 5.43. The van der Waals surface area contributed by atoms with Gasteiger partial charge in [-0.3, -0.25) is 5.41 Å². The zero-order valence-electron chi connectivity index (χ0n) is 16.0. The van der Waals surface area contributed by atoms with E-state index in [9.17, 15) is 4.79 Å². The quantitative estimate of drug-likeness (QED) is 0.556. The number of nitrogen functional groups attached to an aromatic ring is 1. The van der Waals surface area contributed by atoms with Crippen LogP contribution in [0.5, 0.6) is 5.88 Å². The van der Waals surface area contributed by atoms with E-state index in [0.29, 0.717) is 35.0 Å². The van der Waals surface area contributed by atoms with E-state index in [0.717, 1.165) is 30.8 Å². The van der Waals surface area contributed by atoms with E-state index in [4.69, 9.17) is 15.9 Å². The molecule has 0 radical (unpaired) electrons. The number of urea groups is 1. The number of carbonyl (C=O) groups excluding carboxylic acids is 1. The SMILES string of the molecule is COc1ccc(C(=N)c2cc3c(cc2N)NC(=O)N(C2CCN(C)C2)C3)cn1. The van der Waals surface area contributed by atoms with Crippen molar-refractivity contribution in [3.05, 3.63) is 47.2 Å². The summed E-state index contributed by atoms with van der Waals surface area (Å²) in [6, 6.07) is 7.26. The number of aromatic nitrogens is 1. The van der Waals surface area contributed by atoms with Gasteiger partial charge in [-0.05, 0) is 43.8 Å². The molecule has 28 heavy (non-hydrogen) atoms. The zero-order chi connectivity index (χ0) is 19.8. The third kappa shape index (κ3) is 3.27. The molecule has 146 valence electrons. The first-order valence-corrected chi connectivity index (χ1v) is 9.24. The number of hydrogen-bond acceptors (Lipinski definition) is 6. The summed E-state index contributed by atoms with van der Waals surface area (Å²) in [6.07, 6.45) is 2.57. The second kappa shape index (κ2) is 7.12. The normalized spacial score (nSPS) is 19.3. The van der Waals surface area contributed by atoms with E-state index in [1.165, 1.54) is 0 Å². The van der Waals surface area contributed by atoms with Crippen LogP contribution in [-0.2, 0) is 6.54 Å². The van der Waals surface area contributed by atoms with Gasteiger partial charge in [0, 0.05) is 53.9 Å². The maximum absolute atomic E-state index is 12.6. The predicted molar refractivity (Wildman–Crippen MR) is 108 cm³/mol. The molecule has 3 heterocycles. The molecule has 0 spiro atoms. The lowest BCUT2D eigenvalue weighted by Crippen LogP contribution is -2.46. The molecule has 1 atom stereocenters. The van der Waals surface area contributed by atoms with Gasteiger partial charge in [-0.15, -0.1) is 0 Å². The first kappa shape index (κ1) is 18.2. The summed E-state index contributed by atoms with van der Waals surface area (Å²) in [4.78, 5) is 20.8. The second-order valence-corrected chi connectivity index (χ2v) is 7.32. The van der Waals surface area contributed by atoms with Gasteiger partial charge in [0.2, 0.25) is 5.88 Å². The number of likely N-dealkylation sites (N-methyl/N-ethyl adjacent to an activating group) is 1. The molecule has 8 nitrogen and oxygen atoms in total. The molecule has 4 N–H and O–H groups in total. The van der Waals surface area contributed by atoms with Crippen molar-refractivity contribution < 1.29 is 9.53 Å². The molecule has 1 fully saturated rings. The number of amides is 2. The Labute approximate surface area is 163 Å². The molecule has 0 saturated carbocycles.